The molecule has 0 aliphatic heterocycles. The van der Waals surface area contributed by atoms with Crippen molar-refractivity contribution >= 4 is 60.2 Å². The third kappa shape index (κ3) is 1.91. The van der Waals surface area contributed by atoms with E-state index < -0.39 is 0 Å². The Kier molecular flexibility index (Phi) is 3.78. The predicted octanol–water partition coefficient (Wildman–Crippen LogP) is 1.77. The van der Waals surface area contributed by atoms with Crippen LogP contribution >= 0.6 is 11.6 Å². The molecule has 0 spiro atoms. The normalized spacial score (nSPS) is 9.42. The number of aromatic nitrogens is 1. The van der Waals surface area contributed by atoms with Crippen LogP contribution in [-0.2, 0) is 0 Å². The number of hydrogen-bond donors (Lipinski definition) is 0. The first-order valence-corrected chi connectivity index (χ1v) is 3.66. The molecule has 1 radical (unpaired) electrons. The van der Waals surface area contributed by atoms with Gasteiger partial charge in [0.05, 0.1) is 10.5 Å². The molecule has 0 amide bonds. The van der Waals surface area contributed by atoms with Crippen molar-refractivity contribution in [3.05, 3.63) is 41.6 Å². The second kappa shape index (κ2) is 4.43. The summed E-state index contributed by atoms with van der Waals surface area (Å²) >= 11 is 5.90. The third-order valence-electron chi connectivity index (χ3n) is 1.51. The summed E-state index contributed by atoms with van der Waals surface area (Å²) in [5, 5.41) is 1.68. The van der Waals surface area contributed by atoms with E-state index in [4.69, 9.17) is 11.6 Å². The topological polar surface area (TPSA) is 12.9 Å². The molecule has 1 aromatic heterocycles. The van der Waals surface area contributed by atoms with Gasteiger partial charge in [0.2, 0.25) is 0 Å². The van der Waals surface area contributed by atoms with Crippen molar-refractivity contribution in [3.8, 4) is 0 Å². The first kappa shape index (κ1) is 10.3. The third-order valence-corrected chi connectivity index (χ3v) is 1.84. The van der Waals surface area contributed by atoms with E-state index in [9.17, 15) is 0 Å². The summed E-state index contributed by atoms with van der Waals surface area (Å²) in [6.45, 7) is 0. The van der Waals surface area contributed by atoms with Crippen LogP contribution in [-0.4, -0.2) is 42.7 Å². The van der Waals surface area contributed by atoms with Crippen LogP contribution in [0.3, 0.4) is 0 Å². The fourth-order valence-electron chi connectivity index (χ4n) is 0.997. The summed E-state index contributed by atoms with van der Waals surface area (Å²) in [7, 11) is 0. The molecule has 0 saturated carbocycles. The number of hydrogen-bond acceptors (Lipinski definition) is 1. The maximum absolute atomic E-state index is 5.90. The van der Waals surface area contributed by atoms with Crippen LogP contribution in [0.25, 0.3) is 10.9 Å². The number of fused-ring (bicyclic) bond motifs is 1. The zero-order valence-electron chi connectivity index (χ0n) is 5.71. The van der Waals surface area contributed by atoms with E-state index in [-0.39, 0.29) is 37.7 Å². The van der Waals surface area contributed by atoms with E-state index in [0.29, 0.717) is 0 Å². The van der Waals surface area contributed by atoms with Crippen LogP contribution in [0.5, 0.6) is 0 Å². The Bertz CT molecular complexity index is 384. The molecule has 1 aromatic carbocycles. The molecular formula is C9H7CaClN. The Morgan fingerprint density at radius 2 is 2.17 bits per heavy atom. The van der Waals surface area contributed by atoms with Crippen LogP contribution in [0.4, 0.5) is 0 Å². The van der Waals surface area contributed by atoms with Gasteiger partial charge in [-0.25, -0.2) is 0 Å². The van der Waals surface area contributed by atoms with Gasteiger partial charge in [0.25, 0.3) is 0 Å². The van der Waals surface area contributed by atoms with Gasteiger partial charge < -0.3 is 0 Å². The summed E-state index contributed by atoms with van der Waals surface area (Å²) < 4.78 is 0. The molecule has 0 saturated heterocycles. The molecule has 57 valence electrons. The standard InChI is InChI=1S/C9H5ClN.Ca.2H/c10-8-4-1-5-9-7(8)3-2-6-11-9;;;/h1-4,6H;;;. The van der Waals surface area contributed by atoms with E-state index in [1.807, 2.05) is 18.2 Å². The van der Waals surface area contributed by atoms with E-state index in [0.717, 1.165) is 15.9 Å². The second-order valence-electron chi connectivity index (χ2n) is 2.23. The molecule has 0 N–H and O–H groups in total. The van der Waals surface area contributed by atoms with Gasteiger partial charge in [0, 0.05) is 17.6 Å². The van der Waals surface area contributed by atoms with Crippen LogP contribution in [0.15, 0.2) is 30.5 Å². The Morgan fingerprint density at radius 3 is 2.92 bits per heavy atom. The molecule has 0 aliphatic rings. The van der Waals surface area contributed by atoms with E-state index in [2.05, 4.69) is 11.1 Å². The molecule has 2 rings (SSSR count). The maximum atomic E-state index is 5.90. The predicted molar refractivity (Wildman–Crippen MR) is 54.1 cm³/mol. The van der Waals surface area contributed by atoms with Gasteiger partial charge in [0.1, 0.15) is 0 Å². The van der Waals surface area contributed by atoms with Crippen molar-refractivity contribution in [2.45, 2.75) is 0 Å². The molecule has 1 heterocycles. The summed E-state index contributed by atoms with van der Waals surface area (Å²) in [5.41, 5.74) is 0.819. The first-order chi connectivity index (χ1) is 5.38. The number of benzene rings is 1. The Balaban J connectivity index is 0.000000720. The monoisotopic (exact) mass is 204 g/mol. The second-order valence-corrected chi connectivity index (χ2v) is 2.63. The van der Waals surface area contributed by atoms with Crippen molar-refractivity contribution in [3.63, 3.8) is 0 Å². The molecule has 2 aromatic rings. The fourth-order valence-corrected chi connectivity index (χ4v) is 1.21. The molecule has 1 nitrogen and oxygen atoms in total. The van der Waals surface area contributed by atoms with Crippen molar-refractivity contribution in [1.29, 1.82) is 0 Å². The zero-order chi connectivity index (χ0) is 7.68. The molecule has 0 aliphatic carbocycles. The van der Waals surface area contributed by atoms with Gasteiger partial charge >= 0.3 is 37.7 Å². The summed E-state index contributed by atoms with van der Waals surface area (Å²) in [6, 6.07) is 10.4. The van der Waals surface area contributed by atoms with Crippen molar-refractivity contribution in [1.82, 2.24) is 4.98 Å². The van der Waals surface area contributed by atoms with Gasteiger partial charge in [-0.05, 0) is 18.2 Å². The average molecular weight is 205 g/mol. The van der Waals surface area contributed by atoms with E-state index >= 15 is 0 Å². The van der Waals surface area contributed by atoms with Gasteiger partial charge in [-0.15, -0.1) is 0 Å². The average Bonchev–Trinajstić information content (AvgIpc) is 2.06. The van der Waals surface area contributed by atoms with E-state index in [1.165, 1.54) is 0 Å². The number of rotatable bonds is 0. The van der Waals surface area contributed by atoms with Gasteiger partial charge in [0.15, 0.2) is 0 Å². The summed E-state index contributed by atoms with van der Waals surface area (Å²) in [4.78, 5) is 4.10. The summed E-state index contributed by atoms with van der Waals surface area (Å²) in [6.07, 6.45) is 1.73. The molecular weight excluding hydrogens is 198 g/mol. The minimum absolute atomic E-state index is 0. The molecule has 0 atom stereocenters. The molecule has 0 unspecified atom stereocenters. The molecule has 0 fully saturated rings. The van der Waals surface area contributed by atoms with Crippen LogP contribution in [0.1, 0.15) is 0 Å². The van der Waals surface area contributed by atoms with Crippen LogP contribution in [0.2, 0.25) is 5.02 Å². The number of nitrogens with zero attached hydrogens (tertiary/aromatic N) is 1. The summed E-state index contributed by atoms with van der Waals surface area (Å²) in [5.74, 6) is 0. The Hall–Kier alpha value is 0.180. The van der Waals surface area contributed by atoms with Crippen molar-refractivity contribution in [2.75, 3.05) is 0 Å². The first-order valence-electron chi connectivity index (χ1n) is 3.29. The number of pyridine rings is 1. The van der Waals surface area contributed by atoms with Gasteiger partial charge in [-0.2, -0.15) is 0 Å². The van der Waals surface area contributed by atoms with Crippen molar-refractivity contribution in [2.24, 2.45) is 0 Å². The minimum atomic E-state index is 0. The Morgan fingerprint density at radius 1 is 1.33 bits per heavy atom. The van der Waals surface area contributed by atoms with Crippen LogP contribution < -0.4 is 0 Å². The molecule has 12 heavy (non-hydrogen) atoms. The fraction of sp³-hybridized carbons (Fsp3) is 0. The Labute approximate surface area is 106 Å². The molecule has 0 bridgehead atoms. The molecule has 3 heteroatoms. The SMILES string of the molecule is Clc1cc[c]c2ncccc12.[CaH2]. The van der Waals surface area contributed by atoms with Gasteiger partial charge in [-0.1, -0.05) is 17.7 Å². The zero-order valence-corrected chi connectivity index (χ0v) is 6.47. The van der Waals surface area contributed by atoms with E-state index in [1.54, 1.807) is 12.3 Å². The quantitative estimate of drug-likeness (QED) is 0.597. The number of halogens is 1. The van der Waals surface area contributed by atoms with Gasteiger partial charge in [-0.3, -0.25) is 4.98 Å². The van der Waals surface area contributed by atoms with Crippen LogP contribution in [0, 0.1) is 6.07 Å². The van der Waals surface area contributed by atoms with Crippen molar-refractivity contribution < 1.29 is 0 Å².